The fourth-order valence-corrected chi connectivity index (χ4v) is 21.0. The fourth-order valence-electron chi connectivity index (χ4n) is 21.0. The Morgan fingerprint density at radius 3 is 1.02 bits per heavy atom. The van der Waals surface area contributed by atoms with E-state index in [2.05, 4.69) is 416 Å². The first-order valence-corrected chi connectivity index (χ1v) is 40.2. The highest BCUT2D eigenvalue weighted by Gasteiger charge is 2.53. The zero-order valence-corrected chi connectivity index (χ0v) is 63.3. The molecular formula is C111H69N3O2. The van der Waals surface area contributed by atoms with Crippen molar-refractivity contribution in [3.05, 3.63) is 450 Å². The highest BCUT2D eigenvalue weighted by atomic mass is 16.3. The molecule has 3 heterocycles. The standard InChI is InChI=1S/C111H69N3O2/c1-68-40-48-73(49-41-68)112(78-58-60-88-86-24-6-14-36-100(86)110(102(88)66-78)96-32-10-2-20-82(96)83-21-3-11-33-97(83)110)74-50-44-70(45-51-74)81-29-19-31-93-95-65-72(47-63-107(95)116-109(81)93)71-46-62-105-94(64-71)90-26-8-16-38-104(90)114(105)77-56-54-76(55-57-77)113(75-52-42-69(43-53-75)80-28-18-30-92-91-27-9-17-39-106(91)115-108(80)92)79-59-61-89-87-25-7-15-37-101(87)111(103(89)67-79)98-34-12-4-22-84(98)85-23-5-13-35-99(85)111/h2-67H,1H3. The van der Waals surface area contributed by atoms with Crippen molar-refractivity contribution in [1.29, 1.82) is 0 Å². The maximum absolute atomic E-state index is 6.97. The van der Waals surface area contributed by atoms with Crippen LogP contribution in [-0.2, 0) is 10.8 Å². The molecule has 0 fully saturated rings. The van der Waals surface area contributed by atoms with Crippen LogP contribution in [0.4, 0.5) is 34.1 Å². The van der Waals surface area contributed by atoms with Crippen molar-refractivity contribution in [2.75, 3.05) is 9.80 Å². The zero-order valence-electron chi connectivity index (χ0n) is 63.3. The number of para-hydroxylation sites is 4. The van der Waals surface area contributed by atoms with Gasteiger partial charge in [-0.05, 0) is 240 Å². The molecule has 0 N–H and O–H groups in total. The number of hydrogen-bond donors (Lipinski definition) is 0. The SMILES string of the molecule is Cc1ccc(N(c2ccc(-c3cccc4c3oc3ccc(-c5ccc6c(c5)c5ccccc5n6-c5ccc(N(c6ccc(-c7cccc8c7oc7ccccc78)cc6)c6ccc7c(c6)C6(c8ccccc8-c8ccccc86)c6ccccc6-7)cc5)cc34)cc2)c2ccc3c(c2)C2(c4ccccc4-c4ccccc42)c2ccccc2-3)cc1. The minimum Gasteiger partial charge on any atom is -0.455 e. The van der Waals surface area contributed by atoms with Crippen LogP contribution in [0.15, 0.2) is 409 Å². The molecule has 0 unspecified atom stereocenters. The number of aryl methyl sites for hydroxylation is 1. The van der Waals surface area contributed by atoms with Crippen LogP contribution in [0.5, 0.6) is 0 Å². The van der Waals surface area contributed by atoms with E-state index in [0.29, 0.717) is 0 Å². The van der Waals surface area contributed by atoms with E-state index in [-0.39, 0.29) is 0 Å². The highest BCUT2D eigenvalue weighted by molar-refractivity contribution is 6.14. The first kappa shape index (κ1) is 64.6. The van der Waals surface area contributed by atoms with Gasteiger partial charge in [-0.2, -0.15) is 0 Å². The molecule has 0 radical (unpaired) electrons. The average molecular weight is 1480 g/mol. The third kappa shape index (κ3) is 8.99. The van der Waals surface area contributed by atoms with Crippen LogP contribution < -0.4 is 9.80 Å². The second-order valence-corrected chi connectivity index (χ2v) is 31.7. The summed E-state index contributed by atoms with van der Waals surface area (Å²) in [6.07, 6.45) is 0. The van der Waals surface area contributed by atoms with Gasteiger partial charge in [0.1, 0.15) is 22.3 Å². The molecule has 0 saturated heterocycles. The van der Waals surface area contributed by atoms with Crippen molar-refractivity contribution in [3.8, 4) is 83.6 Å². The third-order valence-electron chi connectivity index (χ3n) is 25.9. The minimum atomic E-state index is -0.506. The van der Waals surface area contributed by atoms with Gasteiger partial charge in [-0.15, -0.1) is 0 Å². The van der Waals surface area contributed by atoms with Crippen LogP contribution in [0.25, 0.3) is 149 Å². The third-order valence-corrected chi connectivity index (χ3v) is 25.9. The summed E-state index contributed by atoms with van der Waals surface area (Å²) >= 11 is 0. The lowest BCUT2D eigenvalue weighted by atomic mass is 9.70. The van der Waals surface area contributed by atoms with Gasteiger partial charge < -0.3 is 23.2 Å². The first-order chi connectivity index (χ1) is 57.4. The van der Waals surface area contributed by atoms with Crippen LogP contribution in [0, 0.1) is 6.92 Å². The summed E-state index contributed by atoms with van der Waals surface area (Å²) in [6.45, 7) is 2.16. The second-order valence-electron chi connectivity index (χ2n) is 31.7. The number of rotatable bonds is 10. The minimum absolute atomic E-state index is 0.460. The Morgan fingerprint density at radius 2 is 0.543 bits per heavy atom. The van der Waals surface area contributed by atoms with Crippen LogP contribution >= 0.6 is 0 Å². The van der Waals surface area contributed by atoms with E-state index < -0.39 is 10.8 Å². The predicted octanol–water partition coefficient (Wildman–Crippen LogP) is 29.5. The summed E-state index contributed by atoms with van der Waals surface area (Å²) in [7, 11) is 0. The number of aromatic nitrogens is 1. The molecule has 540 valence electrons. The topological polar surface area (TPSA) is 37.7 Å². The number of hydrogen-bond acceptors (Lipinski definition) is 4. The van der Waals surface area contributed by atoms with E-state index in [1.807, 2.05) is 6.07 Å². The summed E-state index contributed by atoms with van der Waals surface area (Å²) in [6, 6.07) is 149. The molecule has 25 rings (SSSR count). The van der Waals surface area contributed by atoms with Gasteiger partial charge in [0, 0.05) is 83.3 Å². The van der Waals surface area contributed by atoms with Crippen LogP contribution in [-0.4, -0.2) is 4.57 Å². The molecule has 21 aromatic rings. The average Bonchev–Trinajstić information content (AvgIpc) is 1.51. The molecule has 3 aromatic heterocycles. The van der Waals surface area contributed by atoms with Crippen LogP contribution in [0.1, 0.15) is 50.1 Å². The molecule has 0 saturated carbocycles. The van der Waals surface area contributed by atoms with Crippen molar-refractivity contribution in [1.82, 2.24) is 4.57 Å². The normalized spacial score (nSPS) is 13.4. The number of fused-ring (bicyclic) bond motifs is 29. The summed E-state index contributed by atoms with van der Waals surface area (Å²) in [4.78, 5) is 4.86. The second kappa shape index (κ2) is 24.5. The predicted molar refractivity (Wildman–Crippen MR) is 478 cm³/mol. The van der Waals surface area contributed by atoms with E-state index >= 15 is 0 Å². The van der Waals surface area contributed by atoms with Gasteiger partial charge in [-0.25, -0.2) is 0 Å². The lowest BCUT2D eigenvalue weighted by Crippen LogP contribution is -2.26. The smallest absolute Gasteiger partial charge is 0.143 e. The molecule has 4 aliphatic carbocycles. The van der Waals surface area contributed by atoms with Crippen molar-refractivity contribution >= 4 is 99.8 Å². The van der Waals surface area contributed by atoms with E-state index in [4.69, 9.17) is 8.83 Å². The van der Waals surface area contributed by atoms with Crippen molar-refractivity contribution in [2.45, 2.75) is 17.8 Å². The molecular weight excluding hydrogens is 1410 g/mol. The Balaban J connectivity index is 0.564. The quantitative estimate of drug-likeness (QED) is 0.137. The number of anilines is 6. The Bertz CT molecular complexity index is 7600. The van der Waals surface area contributed by atoms with Gasteiger partial charge in [0.05, 0.1) is 21.9 Å². The molecule has 5 heteroatoms. The monoisotopic (exact) mass is 1480 g/mol. The van der Waals surface area contributed by atoms with Crippen molar-refractivity contribution < 1.29 is 8.83 Å². The van der Waals surface area contributed by atoms with Crippen LogP contribution in [0.2, 0.25) is 0 Å². The number of benzene rings is 18. The van der Waals surface area contributed by atoms with Gasteiger partial charge in [-0.1, -0.05) is 285 Å². The number of nitrogens with zero attached hydrogens (tertiary/aromatic N) is 3. The molecule has 0 bridgehead atoms. The largest absolute Gasteiger partial charge is 0.455 e. The van der Waals surface area contributed by atoms with Gasteiger partial charge in [0.25, 0.3) is 0 Å². The Morgan fingerprint density at radius 1 is 0.216 bits per heavy atom. The van der Waals surface area contributed by atoms with E-state index in [1.54, 1.807) is 0 Å². The summed E-state index contributed by atoms with van der Waals surface area (Å²) < 4.78 is 16.0. The van der Waals surface area contributed by atoms with Gasteiger partial charge in [-0.3, -0.25) is 0 Å². The maximum atomic E-state index is 6.97. The molecule has 2 spiro atoms. The highest BCUT2D eigenvalue weighted by Crippen LogP contribution is 2.66. The Kier molecular flexibility index (Phi) is 13.6. The summed E-state index contributed by atoms with van der Waals surface area (Å²) in [5.74, 6) is 0. The maximum Gasteiger partial charge on any atom is 0.143 e. The van der Waals surface area contributed by atoms with Crippen molar-refractivity contribution in [2.24, 2.45) is 0 Å². The molecule has 18 aromatic carbocycles. The first-order valence-electron chi connectivity index (χ1n) is 40.2. The summed E-state index contributed by atoms with van der Waals surface area (Å²) in [5.41, 5.74) is 40.9. The Hall–Kier alpha value is -15.0. The van der Waals surface area contributed by atoms with Gasteiger partial charge in [0.2, 0.25) is 0 Å². The molecule has 116 heavy (non-hydrogen) atoms. The van der Waals surface area contributed by atoms with E-state index in [0.717, 1.165) is 128 Å². The van der Waals surface area contributed by atoms with E-state index in [1.165, 1.54) is 105 Å². The van der Waals surface area contributed by atoms with Crippen molar-refractivity contribution in [3.63, 3.8) is 0 Å². The summed E-state index contributed by atoms with van der Waals surface area (Å²) in [5, 5.41) is 6.77. The number of furan rings is 2. The molecule has 0 atom stereocenters. The van der Waals surface area contributed by atoms with Crippen LogP contribution in [0.3, 0.4) is 0 Å². The molecule has 0 amide bonds. The molecule has 4 aliphatic rings. The van der Waals surface area contributed by atoms with Gasteiger partial charge in [0.15, 0.2) is 0 Å². The molecule has 0 aliphatic heterocycles. The lowest BCUT2D eigenvalue weighted by Gasteiger charge is -2.32. The lowest BCUT2D eigenvalue weighted by molar-refractivity contribution is 0.669. The molecule has 5 nitrogen and oxygen atoms in total. The fraction of sp³-hybridized carbons (Fsp3) is 0.0270. The Labute approximate surface area is 670 Å². The van der Waals surface area contributed by atoms with Gasteiger partial charge >= 0.3 is 0 Å². The zero-order chi connectivity index (χ0) is 76.1. The van der Waals surface area contributed by atoms with E-state index in [9.17, 15) is 0 Å².